The lowest BCUT2D eigenvalue weighted by atomic mass is 9.93. The van der Waals surface area contributed by atoms with Crippen LogP contribution in [0.3, 0.4) is 0 Å². The lowest BCUT2D eigenvalue weighted by molar-refractivity contribution is -0.132. The number of H-pyrrole nitrogens is 1. The molecule has 0 unspecified atom stereocenters. The van der Waals surface area contributed by atoms with Gasteiger partial charge in [-0.25, -0.2) is 4.79 Å². The molecule has 2 aliphatic rings. The summed E-state index contributed by atoms with van der Waals surface area (Å²) in [7, 11) is 0. The van der Waals surface area contributed by atoms with Gasteiger partial charge in [-0.15, -0.1) is 12.4 Å². The third-order valence-corrected chi connectivity index (χ3v) is 6.03. The summed E-state index contributed by atoms with van der Waals surface area (Å²) in [5, 5.41) is 3.38. The van der Waals surface area contributed by atoms with Crippen LogP contribution in [-0.2, 0) is 4.79 Å². The van der Waals surface area contributed by atoms with Crippen LogP contribution < -0.4 is 11.0 Å². The van der Waals surface area contributed by atoms with Crippen LogP contribution in [0.15, 0.2) is 29.1 Å². The number of likely N-dealkylation sites (tertiary alicyclic amines) is 1. The van der Waals surface area contributed by atoms with Crippen molar-refractivity contribution in [3.63, 3.8) is 0 Å². The first-order valence-corrected chi connectivity index (χ1v) is 9.90. The summed E-state index contributed by atoms with van der Waals surface area (Å²) in [4.78, 5) is 29.8. The van der Waals surface area contributed by atoms with Gasteiger partial charge in [-0.3, -0.25) is 9.36 Å². The molecular formula is C20H29ClN4O2. The zero-order valence-electron chi connectivity index (χ0n) is 15.7. The molecule has 3 heterocycles. The Kier molecular flexibility index (Phi) is 6.60. The van der Waals surface area contributed by atoms with Gasteiger partial charge in [0.1, 0.15) is 0 Å². The summed E-state index contributed by atoms with van der Waals surface area (Å²) in [6.07, 6.45) is 5.77. The Bertz CT molecular complexity index is 817. The highest BCUT2D eigenvalue weighted by Crippen LogP contribution is 2.26. The molecule has 0 radical (unpaired) electrons. The minimum absolute atomic E-state index is 0. The zero-order chi connectivity index (χ0) is 17.9. The van der Waals surface area contributed by atoms with Gasteiger partial charge in [0, 0.05) is 25.6 Å². The van der Waals surface area contributed by atoms with E-state index in [1.165, 1.54) is 12.8 Å². The molecule has 0 bridgehead atoms. The number of carbonyl (C=O) groups is 1. The van der Waals surface area contributed by atoms with Crippen LogP contribution in [0.25, 0.3) is 11.0 Å². The van der Waals surface area contributed by atoms with Crippen LogP contribution in [0, 0.1) is 5.92 Å². The van der Waals surface area contributed by atoms with E-state index in [1.807, 2.05) is 33.7 Å². The third kappa shape index (κ3) is 4.38. The smallest absolute Gasteiger partial charge is 0.326 e. The molecule has 2 aliphatic heterocycles. The van der Waals surface area contributed by atoms with E-state index in [0.717, 1.165) is 56.5 Å². The molecular weight excluding hydrogens is 364 g/mol. The maximum Gasteiger partial charge on any atom is 0.326 e. The number of amides is 1. The zero-order valence-corrected chi connectivity index (χ0v) is 16.5. The van der Waals surface area contributed by atoms with Gasteiger partial charge in [-0.2, -0.15) is 0 Å². The lowest BCUT2D eigenvalue weighted by Crippen LogP contribution is -2.40. The van der Waals surface area contributed by atoms with Gasteiger partial charge in [0.2, 0.25) is 5.91 Å². The maximum absolute atomic E-state index is 12.5. The molecule has 148 valence electrons. The molecule has 0 atom stereocenters. The average Bonchev–Trinajstić information content (AvgIpc) is 3.03. The van der Waals surface area contributed by atoms with Crippen molar-refractivity contribution in [2.75, 3.05) is 26.2 Å². The van der Waals surface area contributed by atoms with Gasteiger partial charge in [-0.05, 0) is 63.2 Å². The molecule has 7 heteroatoms. The highest BCUT2D eigenvalue weighted by molar-refractivity contribution is 5.85. The van der Waals surface area contributed by atoms with Crippen molar-refractivity contribution in [3.05, 3.63) is 34.7 Å². The first-order valence-electron chi connectivity index (χ1n) is 9.90. The Hall–Kier alpha value is -1.79. The van der Waals surface area contributed by atoms with Crippen LogP contribution in [0.2, 0.25) is 0 Å². The third-order valence-electron chi connectivity index (χ3n) is 6.03. The number of aromatic amines is 1. The molecule has 2 aromatic rings. The number of hydrogen-bond donors (Lipinski definition) is 2. The Morgan fingerprint density at radius 1 is 1.07 bits per heavy atom. The number of rotatable bonds is 4. The Morgan fingerprint density at radius 3 is 2.52 bits per heavy atom. The molecule has 2 N–H and O–H groups in total. The summed E-state index contributed by atoms with van der Waals surface area (Å²) >= 11 is 0. The monoisotopic (exact) mass is 392 g/mol. The fourth-order valence-corrected chi connectivity index (χ4v) is 4.47. The molecule has 0 spiro atoms. The first kappa shape index (κ1) is 20.0. The number of fused-ring (bicyclic) bond motifs is 1. The number of piperidine rings is 2. The van der Waals surface area contributed by atoms with E-state index in [-0.39, 0.29) is 30.0 Å². The highest BCUT2D eigenvalue weighted by atomic mass is 35.5. The number of nitrogens with one attached hydrogen (secondary N) is 2. The van der Waals surface area contributed by atoms with Crippen molar-refractivity contribution in [2.24, 2.45) is 5.92 Å². The molecule has 1 amide bonds. The van der Waals surface area contributed by atoms with E-state index in [2.05, 4.69) is 10.3 Å². The van der Waals surface area contributed by atoms with Gasteiger partial charge in [-0.1, -0.05) is 12.1 Å². The Labute approximate surface area is 165 Å². The van der Waals surface area contributed by atoms with Crippen molar-refractivity contribution < 1.29 is 4.79 Å². The van der Waals surface area contributed by atoms with Gasteiger partial charge < -0.3 is 15.2 Å². The van der Waals surface area contributed by atoms with Crippen molar-refractivity contribution in [2.45, 2.75) is 44.6 Å². The first-order chi connectivity index (χ1) is 12.7. The summed E-state index contributed by atoms with van der Waals surface area (Å²) in [6, 6.07) is 8.00. The van der Waals surface area contributed by atoms with Crippen LogP contribution in [0.5, 0.6) is 0 Å². The molecule has 0 aliphatic carbocycles. The second-order valence-electron chi connectivity index (χ2n) is 7.66. The largest absolute Gasteiger partial charge is 0.343 e. The molecule has 2 fully saturated rings. The molecule has 6 nitrogen and oxygen atoms in total. The molecule has 2 saturated heterocycles. The highest BCUT2D eigenvalue weighted by Gasteiger charge is 2.26. The van der Waals surface area contributed by atoms with Gasteiger partial charge in [0.05, 0.1) is 11.0 Å². The quantitative estimate of drug-likeness (QED) is 0.840. The van der Waals surface area contributed by atoms with E-state index in [9.17, 15) is 9.59 Å². The van der Waals surface area contributed by atoms with Gasteiger partial charge in [0.25, 0.3) is 0 Å². The van der Waals surface area contributed by atoms with Crippen LogP contribution in [0.4, 0.5) is 0 Å². The minimum Gasteiger partial charge on any atom is -0.343 e. The standard InChI is InChI=1S/C20H28N4O2.ClH/c25-19(6-5-15-7-11-21-12-8-15)23-13-9-16(10-14-23)24-18-4-2-1-3-17(18)22-20(24)26;/h1-4,15-16,21H,5-14H2,(H,22,26);1H. The number of carbonyl (C=O) groups excluding carboxylic acids is 1. The van der Waals surface area contributed by atoms with E-state index in [0.29, 0.717) is 12.3 Å². The van der Waals surface area contributed by atoms with E-state index in [1.54, 1.807) is 0 Å². The number of halogens is 1. The summed E-state index contributed by atoms with van der Waals surface area (Å²) < 4.78 is 1.88. The predicted octanol–water partition coefficient (Wildman–Crippen LogP) is 2.69. The summed E-state index contributed by atoms with van der Waals surface area (Å²) in [5.74, 6) is 0.982. The van der Waals surface area contributed by atoms with Crippen LogP contribution in [-0.4, -0.2) is 46.5 Å². The molecule has 1 aromatic carbocycles. The van der Waals surface area contributed by atoms with E-state index >= 15 is 0 Å². The van der Waals surface area contributed by atoms with Crippen molar-refractivity contribution in [1.29, 1.82) is 0 Å². The lowest BCUT2D eigenvalue weighted by Gasteiger charge is -2.33. The molecule has 27 heavy (non-hydrogen) atoms. The second-order valence-corrected chi connectivity index (χ2v) is 7.66. The van der Waals surface area contributed by atoms with Crippen LogP contribution >= 0.6 is 12.4 Å². The molecule has 1 aromatic heterocycles. The normalized spacial score (nSPS) is 19.2. The van der Waals surface area contributed by atoms with Crippen molar-refractivity contribution in [3.8, 4) is 0 Å². The summed E-state index contributed by atoms with van der Waals surface area (Å²) in [6.45, 7) is 3.68. The van der Waals surface area contributed by atoms with Gasteiger partial charge >= 0.3 is 5.69 Å². The Morgan fingerprint density at radius 2 is 1.78 bits per heavy atom. The fraction of sp³-hybridized carbons (Fsp3) is 0.600. The molecule has 0 saturated carbocycles. The van der Waals surface area contributed by atoms with Crippen molar-refractivity contribution in [1.82, 2.24) is 19.8 Å². The number of imidazole rings is 1. The second kappa shape index (κ2) is 8.93. The van der Waals surface area contributed by atoms with Crippen molar-refractivity contribution >= 4 is 29.3 Å². The van der Waals surface area contributed by atoms with Crippen LogP contribution in [0.1, 0.15) is 44.6 Å². The Balaban J connectivity index is 0.00000210. The average molecular weight is 393 g/mol. The van der Waals surface area contributed by atoms with Gasteiger partial charge in [0.15, 0.2) is 0 Å². The SMILES string of the molecule is Cl.O=C(CCC1CCNCC1)N1CCC(n2c(=O)[nH]c3ccccc32)CC1. The van der Waals surface area contributed by atoms with E-state index < -0.39 is 0 Å². The number of para-hydroxylation sites is 2. The fourth-order valence-electron chi connectivity index (χ4n) is 4.47. The number of hydrogen-bond acceptors (Lipinski definition) is 3. The molecule has 4 rings (SSSR count). The van der Waals surface area contributed by atoms with E-state index in [4.69, 9.17) is 0 Å². The topological polar surface area (TPSA) is 70.1 Å². The predicted molar refractivity (Wildman–Crippen MR) is 109 cm³/mol. The number of nitrogens with zero attached hydrogens (tertiary/aromatic N) is 2. The number of benzene rings is 1. The number of aromatic nitrogens is 2. The minimum atomic E-state index is -0.0399. The maximum atomic E-state index is 12.5. The summed E-state index contributed by atoms with van der Waals surface area (Å²) in [5.41, 5.74) is 1.81.